The van der Waals surface area contributed by atoms with Crippen molar-refractivity contribution in [3.05, 3.63) is 40.9 Å². The van der Waals surface area contributed by atoms with Gasteiger partial charge in [-0.15, -0.1) is 0 Å². The molecule has 0 bridgehead atoms. The zero-order valence-electron chi connectivity index (χ0n) is 17.1. The molecule has 1 fully saturated rings. The van der Waals surface area contributed by atoms with Gasteiger partial charge in [0, 0.05) is 30.3 Å². The first kappa shape index (κ1) is 20.6. The van der Waals surface area contributed by atoms with Gasteiger partial charge < -0.3 is 24.3 Å². The molecule has 2 aromatic rings. The molecule has 2 aromatic carbocycles. The van der Waals surface area contributed by atoms with Crippen LogP contribution in [0.25, 0.3) is 0 Å². The van der Waals surface area contributed by atoms with E-state index in [2.05, 4.69) is 10.2 Å². The Labute approximate surface area is 180 Å². The molecule has 7 nitrogen and oxygen atoms in total. The Balaban J connectivity index is 1.46. The van der Waals surface area contributed by atoms with Gasteiger partial charge in [-0.3, -0.25) is 9.69 Å². The number of hydrogen-bond donors (Lipinski definition) is 1. The molecule has 4 rings (SSSR count). The monoisotopic (exact) mass is 432 g/mol. The van der Waals surface area contributed by atoms with Gasteiger partial charge in [0.05, 0.1) is 31.5 Å². The van der Waals surface area contributed by atoms with E-state index in [-0.39, 0.29) is 12.5 Å². The van der Waals surface area contributed by atoms with Crippen molar-refractivity contribution in [1.29, 1.82) is 0 Å². The molecule has 1 amide bonds. The molecule has 1 N–H and O–H groups in total. The van der Waals surface area contributed by atoms with Crippen LogP contribution in [0.2, 0.25) is 5.02 Å². The minimum absolute atomic E-state index is 0.137. The standard InChI is InChI=1S/C22H25ClN2O5/c1-27-16-5-6-19(28-2)14(9-16)12-25(15-3-4-15)13-22(26)24-18-11-21-20(10-17(18)23)29-7-8-30-21/h5-6,9-11,15H,3-4,7-8,12-13H2,1-2H3,(H,24,26). The van der Waals surface area contributed by atoms with Crippen molar-refractivity contribution in [1.82, 2.24) is 4.90 Å². The summed E-state index contributed by atoms with van der Waals surface area (Å²) in [5.74, 6) is 2.57. The highest BCUT2D eigenvalue weighted by Gasteiger charge is 2.31. The van der Waals surface area contributed by atoms with E-state index in [4.69, 9.17) is 30.5 Å². The summed E-state index contributed by atoms with van der Waals surface area (Å²) in [7, 11) is 3.28. The summed E-state index contributed by atoms with van der Waals surface area (Å²) in [6.45, 7) is 1.79. The van der Waals surface area contributed by atoms with E-state index in [0.717, 1.165) is 29.9 Å². The second-order valence-corrected chi connectivity index (χ2v) is 7.75. The van der Waals surface area contributed by atoms with E-state index in [0.29, 0.717) is 48.0 Å². The molecule has 8 heteroatoms. The van der Waals surface area contributed by atoms with Crippen LogP contribution < -0.4 is 24.3 Å². The lowest BCUT2D eigenvalue weighted by molar-refractivity contribution is -0.117. The molecular weight excluding hydrogens is 408 g/mol. The van der Waals surface area contributed by atoms with Gasteiger partial charge in [-0.2, -0.15) is 0 Å². The first-order valence-corrected chi connectivity index (χ1v) is 10.3. The van der Waals surface area contributed by atoms with E-state index in [1.165, 1.54) is 0 Å². The van der Waals surface area contributed by atoms with Crippen molar-refractivity contribution >= 4 is 23.2 Å². The number of ether oxygens (including phenoxy) is 4. The van der Waals surface area contributed by atoms with Crippen molar-refractivity contribution in [2.45, 2.75) is 25.4 Å². The number of anilines is 1. The minimum atomic E-state index is -0.137. The van der Waals surface area contributed by atoms with Crippen LogP contribution >= 0.6 is 11.6 Å². The van der Waals surface area contributed by atoms with Crippen LogP contribution in [-0.2, 0) is 11.3 Å². The summed E-state index contributed by atoms with van der Waals surface area (Å²) in [5.41, 5.74) is 1.49. The normalized spacial score (nSPS) is 15.1. The maximum Gasteiger partial charge on any atom is 0.238 e. The number of fused-ring (bicyclic) bond motifs is 1. The van der Waals surface area contributed by atoms with E-state index >= 15 is 0 Å². The first-order chi connectivity index (χ1) is 14.6. The third-order valence-electron chi connectivity index (χ3n) is 5.18. The van der Waals surface area contributed by atoms with Crippen LogP contribution in [0.3, 0.4) is 0 Å². The van der Waals surface area contributed by atoms with E-state index in [1.54, 1.807) is 26.4 Å². The molecule has 30 heavy (non-hydrogen) atoms. The van der Waals surface area contributed by atoms with Gasteiger partial charge in [-0.1, -0.05) is 11.6 Å². The molecule has 1 saturated carbocycles. The maximum absolute atomic E-state index is 12.8. The Bertz CT molecular complexity index is 932. The first-order valence-electron chi connectivity index (χ1n) is 9.91. The molecule has 0 spiro atoms. The number of benzene rings is 2. The molecule has 0 aromatic heterocycles. The fourth-order valence-electron chi connectivity index (χ4n) is 3.51. The Hall–Kier alpha value is -2.64. The predicted molar refractivity (Wildman–Crippen MR) is 114 cm³/mol. The Morgan fingerprint density at radius 2 is 1.87 bits per heavy atom. The average Bonchev–Trinajstić information content (AvgIpc) is 3.59. The number of carbonyl (C=O) groups excluding carboxylic acids is 1. The van der Waals surface area contributed by atoms with Crippen LogP contribution in [-0.4, -0.2) is 50.8 Å². The van der Waals surface area contributed by atoms with Crippen LogP contribution in [0, 0.1) is 0 Å². The molecule has 0 radical (unpaired) electrons. The molecule has 0 atom stereocenters. The second-order valence-electron chi connectivity index (χ2n) is 7.34. The van der Waals surface area contributed by atoms with Crippen LogP contribution in [0.15, 0.2) is 30.3 Å². The molecule has 0 unspecified atom stereocenters. The Morgan fingerprint density at radius 3 is 2.53 bits per heavy atom. The molecule has 1 heterocycles. The molecule has 2 aliphatic rings. The zero-order valence-corrected chi connectivity index (χ0v) is 17.8. The zero-order chi connectivity index (χ0) is 21.1. The quantitative estimate of drug-likeness (QED) is 0.685. The molecular formula is C22H25ClN2O5. The van der Waals surface area contributed by atoms with Crippen LogP contribution in [0.4, 0.5) is 5.69 Å². The van der Waals surface area contributed by atoms with E-state index in [1.807, 2.05) is 18.2 Å². The molecule has 1 aliphatic heterocycles. The highest BCUT2D eigenvalue weighted by molar-refractivity contribution is 6.34. The van der Waals surface area contributed by atoms with Crippen molar-refractivity contribution in [2.24, 2.45) is 0 Å². The highest BCUT2D eigenvalue weighted by atomic mass is 35.5. The summed E-state index contributed by atoms with van der Waals surface area (Å²) in [6.07, 6.45) is 2.15. The fourth-order valence-corrected chi connectivity index (χ4v) is 3.71. The van der Waals surface area contributed by atoms with Crippen molar-refractivity contribution < 1.29 is 23.7 Å². The fraction of sp³-hybridized carbons (Fsp3) is 0.409. The molecule has 0 saturated heterocycles. The third-order valence-corrected chi connectivity index (χ3v) is 5.49. The number of rotatable bonds is 8. The van der Waals surface area contributed by atoms with Crippen LogP contribution in [0.5, 0.6) is 23.0 Å². The lowest BCUT2D eigenvalue weighted by Crippen LogP contribution is -2.34. The number of hydrogen-bond acceptors (Lipinski definition) is 6. The number of methoxy groups -OCH3 is 2. The van der Waals surface area contributed by atoms with Gasteiger partial charge in [0.15, 0.2) is 11.5 Å². The van der Waals surface area contributed by atoms with Crippen molar-refractivity contribution in [3.63, 3.8) is 0 Å². The summed E-state index contributed by atoms with van der Waals surface area (Å²) in [6, 6.07) is 9.45. The largest absolute Gasteiger partial charge is 0.497 e. The van der Waals surface area contributed by atoms with Gasteiger partial charge in [0.25, 0.3) is 0 Å². The van der Waals surface area contributed by atoms with Gasteiger partial charge in [0.1, 0.15) is 24.7 Å². The van der Waals surface area contributed by atoms with E-state index < -0.39 is 0 Å². The van der Waals surface area contributed by atoms with Gasteiger partial charge in [-0.05, 0) is 31.0 Å². The Kier molecular flexibility index (Phi) is 6.20. The number of nitrogens with zero attached hydrogens (tertiary/aromatic N) is 1. The molecule has 1 aliphatic carbocycles. The predicted octanol–water partition coefficient (Wildman–Crippen LogP) is 3.73. The lowest BCUT2D eigenvalue weighted by Gasteiger charge is -2.23. The average molecular weight is 433 g/mol. The SMILES string of the molecule is COc1ccc(OC)c(CN(CC(=O)Nc2cc3c(cc2Cl)OCCO3)C2CC2)c1. The minimum Gasteiger partial charge on any atom is -0.497 e. The Morgan fingerprint density at radius 1 is 1.13 bits per heavy atom. The summed E-state index contributed by atoms with van der Waals surface area (Å²) in [4.78, 5) is 15.0. The van der Waals surface area contributed by atoms with Crippen molar-refractivity contribution in [2.75, 3.05) is 39.3 Å². The number of carbonyl (C=O) groups is 1. The van der Waals surface area contributed by atoms with E-state index in [9.17, 15) is 4.79 Å². The summed E-state index contributed by atoms with van der Waals surface area (Å²) >= 11 is 6.33. The number of halogens is 1. The smallest absolute Gasteiger partial charge is 0.238 e. The number of nitrogens with one attached hydrogen (secondary N) is 1. The topological polar surface area (TPSA) is 69.3 Å². The second kappa shape index (κ2) is 9.02. The van der Waals surface area contributed by atoms with Gasteiger partial charge in [-0.25, -0.2) is 0 Å². The summed E-state index contributed by atoms with van der Waals surface area (Å²) < 4.78 is 21.9. The van der Waals surface area contributed by atoms with Gasteiger partial charge >= 0.3 is 0 Å². The number of amides is 1. The maximum atomic E-state index is 12.8. The lowest BCUT2D eigenvalue weighted by atomic mass is 10.1. The van der Waals surface area contributed by atoms with Crippen LogP contribution in [0.1, 0.15) is 18.4 Å². The molecule has 160 valence electrons. The van der Waals surface area contributed by atoms with Gasteiger partial charge in [0.2, 0.25) is 5.91 Å². The highest BCUT2D eigenvalue weighted by Crippen LogP contribution is 2.38. The van der Waals surface area contributed by atoms with Crippen molar-refractivity contribution in [3.8, 4) is 23.0 Å². The summed E-state index contributed by atoms with van der Waals surface area (Å²) in [5, 5.41) is 3.32. The third kappa shape index (κ3) is 4.74.